The summed E-state index contributed by atoms with van der Waals surface area (Å²) in [6, 6.07) is 25.2. The molecule has 0 unspecified atom stereocenters. The first-order valence-corrected chi connectivity index (χ1v) is 12.5. The van der Waals surface area contributed by atoms with E-state index in [1.54, 1.807) is 84.9 Å². The maximum absolute atomic E-state index is 14.6. The minimum absolute atomic E-state index is 0.0975. The van der Waals surface area contributed by atoms with Gasteiger partial charge in [-0.05, 0) is 42.5 Å². The SMILES string of the molecule is O=C(Oc1ccc(Br)cc1C=NNC(=O)c1[nH]c2c(F)cccc2c1-c1ccccc1Cl)c1ccccc1. The van der Waals surface area contributed by atoms with Crippen LogP contribution in [0.25, 0.3) is 22.0 Å². The number of carbonyl (C=O) groups excluding carboxylic acids is 2. The van der Waals surface area contributed by atoms with Gasteiger partial charge < -0.3 is 9.72 Å². The van der Waals surface area contributed by atoms with E-state index >= 15 is 0 Å². The lowest BCUT2D eigenvalue weighted by atomic mass is 10.0. The van der Waals surface area contributed by atoms with E-state index in [-0.39, 0.29) is 17.0 Å². The molecule has 1 amide bonds. The van der Waals surface area contributed by atoms with Gasteiger partial charge >= 0.3 is 5.97 Å². The zero-order valence-electron chi connectivity index (χ0n) is 19.5. The molecule has 0 saturated heterocycles. The molecule has 0 bridgehead atoms. The van der Waals surface area contributed by atoms with Crippen molar-refractivity contribution in [1.29, 1.82) is 0 Å². The normalized spacial score (nSPS) is 11.1. The second-order valence-corrected chi connectivity index (χ2v) is 9.48. The quantitative estimate of drug-likeness (QED) is 0.0937. The van der Waals surface area contributed by atoms with Gasteiger partial charge in [-0.1, -0.05) is 76.1 Å². The summed E-state index contributed by atoms with van der Waals surface area (Å²) in [6.45, 7) is 0. The van der Waals surface area contributed by atoms with Gasteiger partial charge in [0.2, 0.25) is 0 Å². The van der Waals surface area contributed by atoms with Gasteiger partial charge in [0.05, 0.1) is 17.3 Å². The molecule has 0 spiro atoms. The summed E-state index contributed by atoms with van der Waals surface area (Å²) in [7, 11) is 0. The van der Waals surface area contributed by atoms with E-state index in [0.29, 0.717) is 32.7 Å². The number of para-hydroxylation sites is 1. The van der Waals surface area contributed by atoms with Crippen LogP contribution in [0, 0.1) is 5.82 Å². The molecule has 2 N–H and O–H groups in total. The van der Waals surface area contributed by atoms with E-state index in [4.69, 9.17) is 16.3 Å². The summed E-state index contributed by atoms with van der Waals surface area (Å²) >= 11 is 9.81. The number of fused-ring (bicyclic) bond motifs is 1. The lowest BCUT2D eigenvalue weighted by Gasteiger charge is -2.08. The Morgan fingerprint density at radius 1 is 0.974 bits per heavy atom. The molecule has 0 saturated carbocycles. The number of hydrogen-bond acceptors (Lipinski definition) is 4. The number of amides is 1. The van der Waals surface area contributed by atoms with Crippen LogP contribution in [0.3, 0.4) is 0 Å². The van der Waals surface area contributed by atoms with Gasteiger partial charge in [-0.3, -0.25) is 4.79 Å². The van der Waals surface area contributed by atoms with Crippen molar-refractivity contribution in [2.45, 2.75) is 0 Å². The Kier molecular flexibility index (Phi) is 7.35. The van der Waals surface area contributed by atoms with Crippen molar-refractivity contribution in [3.63, 3.8) is 0 Å². The predicted octanol–water partition coefficient (Wildman–Crippen LogP) is 7.37. The molecular formula is C29H18BrClFN3O3. The van der Waals surface area contributed by atoms with Crippen LogP contribution in [0.5, 0.6) is 5.75 Å². The highest BCUT2D eigenvalue weighted by molar-refractivity contribution is 9.10. The largest absolute Gasteiger partial charge is 0.422 e. The molecule has 0 aliphatic carbocycles. The van der Waals surface area contributed by atoms with E-state index in [2.05, 4.69) is 31.4 Å². The molecule has 5 rings (SSSR count). The summed E-state index contributed by atoms with van der Waals surface area (Å²) in [5.41, 5.74) is 4.61. The number of nitrogens with one attached hydrogen (secondary N) is 2. The van der Waals surface area contributed by atoms with Gasteiger partial charge in [-0.2, -0.15) is 5.10 Å². The number of aromatic amines is 1. The fourth-order valence-electron chi connectivity index (χ4n) is 3.96. The van der Waals surface area contributed by atoms with E-state index in [0.717, 1.165) is 4.47 Å². The average molecular weight is 591 g/mol. The summed E-state index contributed by atoms with van der Waals surface area (Å²) < 4.78 is 20.8. The number of hydrogen-bond donors (Lipinski definition) is 2. The molecule has 0 fully saturated rings. The fourth-order valence-corrected chi connectivity index (χ4v) is 4.57. The third kappa shape index (κ3) is 5.22. The molecular weight excluding hydrogens is 573 g/mol. The molecule has 0 aliphatic heterocycles. The first-order chi connectivity index (χ1) is 18.4. The van der Waals surface area contributed by atoms with Gasteiger partial charge in [0.1, 0.15) is 17.3 Å². The molecule has 0 radical (unpaired) electrons. The van der Waals surface area contributed by atoms with Crippen molar-refractivity contribution in [3.8, 4) is 16.9 Å². The van der Waals surface area contributed by atoms with Crippen LogP contribution < -0.4 is 10.2 Å². The maximum Gasteiger partial charge on any atom is 0.343 e. The van der Waals surface area contributed by atoms with Gasteiger partial charge in [-0.15, -0.1) is 0 Å². The molecule has 1 aromatic heterocycles. The van der Waals surface area contributed by atoms with Crippen molar-refractivity contribution < 1.29 is 18.7 Å². The number of rotatable bonds is 6. The fraction of sp³-hybridized carbons (Fsp3) is 0. The van der Waals surface area contributed by atoms with Crippen LogP contribution in [0.2, 0.25) is 5.02 Å². The summed E-state index contributed by atoms with van der Waals surface area (Å²) in [6.07, 6.45) is 1.36. The van der Waals surface area contributed by atoms with Crippen LogP contribution in [-0.4, -0.2) is 23.1 Å². The lowest BCUT2D eigenvalue weighted by Crippen LogP contribution is -2.19. The Morgan fingerprint density at radius 3 is 2.53 bits per heavy atom. The number of halogens is 3. The lowest BCUT2D eigenvalue weighted by molar-refractivity contribution is 0.0734. The molecule has 4 aromatic carbocycles. The maximum atomic E-state index is 14.6. The topological polar surface area (TPSA) is 83.5 Å². The number of carbonyl (C=O) groups is 2. The molecule has 0 aliphatic rings. The second-order valence-electron chi connectivity index (χ2n) is 8.15. The summed E-state index contributed by atoms with van der Waals surface area (Å²) in [4.78, 5) is 28.6. The van der Waals surface area contributed by atoms with Gasteiger partial charge in [0.25, 0.3) is 5.91 Å². The Hall–Kier alpha value is -4.27. The van der Waals surface area contributed by atoms with Crippen LogP contribution in [0.4, 0.5) is 4.39 Å². The van der Waals surface area contributed by atoms with E-state index in [1.807, 2.05) is 0 Å². The number of nitrogens with zero attached hydrogens (tertiary/aromatic N) is 1. The number of aromatic nitrogens is 1. The molecule has 6 nitrogen and oxygen atoms in total. The van der Waals surface area contributed by atoms with Crippen molar-refractivity contribution in [3.05, 3.63) is 123 Å². The Labute approximate surface area is 230 Å². The number of H-pyrrole nitrogens is 1. The number of esters is 1. The highest BCUT2D eigenvalue weighted by atomic mass is 79.9. The Morgan fingerprint density at radius 2 is 1.74 bits per heavy atom. The van der Waals surface area contributed by atoms with Crippen LogP contribution in [0.15, 0.2) is 101 Å². The first kappa shape index (κ1) is 25.4. The van der Waals surface area contributed by atoms with Crippen molar-refractivity contribution in [1.82, 2.24) is 10.4 Å². The van der Waals surface area contributed by atoms with Crippen molar-refractivity contribution >= 4 is 56.5 Å². The average Bonchev–Trinajstić information content (AvgIpc) is 3.32. The third-order valence-electron chi connectivity index (χ3n) is 5.71. The number of ether oxygens (including phenoxy) is 1. The van der Waals surface area contributed by atoms with Gasteiger partial charge in [-0.25, -0.2) is 14.6 Å². The third-order valence-corrected chi connectivity index (χ3v) is 6.53. The van der Waals surface area contributed by atoms with Crippen LogP contribution in [0.1, 0.15) is 26.4 Å². The monoisotopic (exact) mass is 589 g/mol. The van der Waals surface area contributed by atoms with Crippen molar-refractivity contribution in [2.24, 2.45) is 5.10 Å². The molecule has 5 aromatic rings. The van der Waals surface area contributed by atoms with Crippen LogP contribution in [-0.2, 0) is 0 Å². The van der Waals surface area contributed by atoms with Gasteiger partial charge in [0, 0.05) is 31.6 Å². The Bertz CT molecular complexity index is 1700. The molecule has 188 valence electrons. The molecule has 0 atom stereocenters. The predicted molar refractivity (Wildman–Crippen MR) is 149 cm³/mol. The molecule has 9 heteroatoms. The standard InChI is InChI=1S/C29H18BrClFN3O3/c30-19-13-14-24(38-29(37)17-7-2-1-3-8-17)18(15-19)16-33-35-28(36)27-25(20-9-4-5-11-22(20)31)21-10-6-12-23(32)26(21)34-27/h1-16,34H,(H,35,36). The zero-order chi connectivity index (χ0) is 26.6. The first-order valence-electron chi connectivity index (χ1n) is 11.4. The summed E-state index contributed by atoms with van der Waals surface area (Å²) in [5, 5.41) is 4.99. The Balaban J connectivity index is 1.44. The number of hydrazone groups is 1. The van der Waals surface area contributed by atoms with E-state index < -0.39 is 17.7 Å². The highest BCUT2D eigenvalue weighted by Crippen LogP contribution is 2.37. The smallest absolute Gasteiger partial charge is 0.343 e. The zero-order valence-corrected chi connectivity index (χ0v) is 21.9. The highest BCUT2D eigenvalue weighted by Gasteiger charge is 2.22. The van der Waals surface area contributed by atoms with Crippen LogP contribution >= 0.6 is 27.5 Å². The molecule has 1 heterocycles. The number of benzene rings is 4. The van der Waals surface area contributed by atoms with Gasteiger partial charge in [0.15, 0.2) is 0 Å². The minimum Gasteiger partial charge on any atom is -0.422 e. The summed E-state index contributed by atoms with van der Waals surface area (Å²) in [5.74, 6) is -1.39. The minimum atomic E-state index is -0.607. The van der Waals surface area contributed by atoms with E-state index in [9.17, 15) is 14.0 Å². The molecule has 38 heavy (non-hydrogen) atoms. The van der Waals surface area contributed by atoms with Crippen molar-refractivity contribution in [2.75, 3.05) is 0 Å². The second kappa shape index (κ2) is 11.0. The van der Waals surface area contributed by atoms with E-state index in [1.165, 1.54) is 12.3 Å².